The molecule has 0 saturated carbocycles. The Morgan fingerprint density at radius 3 is 1.88 bits per heavy atom. The first kappa shape index (κ1) is 12.2. The smallest absolute Gasteiger partial charge is 0.303 e. The molecule has 0 radical (unpaired) electrons. The molecule has 0 aromatic carbocycles. The van der Waals surface area contributed by atoms with Gasteiger partial charge in [-0.05, 0) is 12.1 Å². The summed E-state index contributed by atoms with van der Waals surface area (Å²) in [5.74, 6) is -0.709. The molecule has 0 spiro atoms. The summed E-state index contributed by atoms with van der Waals surface area (Å²) in [6.45, 7) is 2.93. The van der Waals surface area contributed by atoms with Crippen molar-refractivity contribution in [1.82, 2.24) is 4.98 Å². The number of nitrogens with zero attached hydrogens (tertiary/aromatic N) is 1. The maximum Gasteiger partial charge on any atom is 0.303 e. The Bertz CT molecular complexity index is 356. The maximum absolute atomic E-state index is 10.6. The monoisotopic (exact) mass is 223 g/mol. The van der Waals surface area contributed by atoms with Crippen LogP contribution in [0, 0.1) is 0 Å². The molecule has 5 nitrogen and oxygen atoms in total. The third kappa shape index (κ3) is 4.54. The molecule has 0 atom stereocenters. The van der Waals surface area contributed by atoms with E-state index in [0.717, 1.165) is 0 Å². The first-order valence-electron chi connectivity index (χ1n) is 4.79. The topological polar surface area (TPSA) is 65.5 Å². The molecule has 0 saturated heterocycles. The lowest BCUT2D eigenvalue weighted by Gasteiger charge is -2.04. The highest BCUT2D eigenvalue weighted by Gasteiger charge is 2.01. The molecular formula is C11H13NO4. The number of rotatable bonds is 4. The average Bonchev–Trinajstić information content (AvgIpc) is 2.24. The van der Waals surface area contributed by atoms with Crippen LogP contribution in [-0.4, -0.2) is 16.9 Å². The van der Waals surface area contributed by atoms with Crippen molar-refractivity contribution in [1.29, 1.82) is 0 Å². The van der Waals surface area contributed by atoms with Gasteiger partial charge in [0.15, 0.2) is 0 Å². The van der Waals surface area contributed by atoms with Crippen molar-refractivity contribution in [2.75, 3.05) is 0 Å². The number of hydrogen-bond acceptors (Lipinski definition) is 5. The van der Waals surface area contributed by atoms with Crippen molar-refractivity contribution < 1.29 is 19.1 Å². The van der Waals surface area contributed by atoms with Crippen LogP contribution in [0.4, 0.5) is 0 Å². The molecule has 0 aliphatic heterocycles. The van der Waals surface area contributed by atoms with E-state index in [4.69, 9.17) is 9.47 Å². The lowest BCUT2D eigenvalue weighted by atomic mass is 10.3. The van der Waals surface area contributed by atoms with E-state index in [1.54, 1.807) is 18.2 Å². The molecule has 16 heavy (non-hydrogen) atoms. The van der Waals surface area contributed by atoms with Gasteiger partial charge in [-0.25, -0.2) is 0 Å². The van der Waals surface area contributed by atoms with Gasteiger partial charge in [0.25, 0.3) is 0 Å². The summed E-state index contributed by atoms with van der Waals surface area (Å²) in [7, 11) is 0. The summed E-state index contributed by atoms with van der Waals surface area (Å²) in [6, 6.07) is 5.24. The predicted octanol–water partition coefficient (Wildman–Crippen LogP) is 1.21. The van der Waals surface area contributed by atoms with Gasteiger partial charge in [0.1, 0.15) is 13.2 Å². The molecule has 5 heteroatoms. The van der Waals surface area contributed by atoms with Gasteiger partial charge >= 0.3 is 11.9 Å². The molecule has 0 aliphatic carbocycles. The summed E-state index contributed by atoms with van der Waals surface area (Å²) in [5, 5.41) is 0. The van der Waals surface area contributed by atoms with Gasteiger partial charge in [-0.2, -0.15) is 0 Å². The summed E-state index contributed by atoms with van der Waals surface area (Å²) in [5.41, 5.74) is 1.25. The zero-order valence-electron chi connectivity index (χ0n) is 9.23. The summed E-state index contributed by atoms with van der Waals surface area (Å²) in [6.07, 6.45) is 0. The molecule has 1 aromatic heterocycles. The lowest BCUT2D eigenvalue weighted by molar-refractivity contribution is -0.142. The lowest BCUT2D eigenvalue weighted by Crippen LogP contribution is -2.04. The van der Waals surface area contributed by atoms with Crippen molar-refractivity contribution in [3.8, 4) is 0 Å². The molecule has 1 heterocycles. The highest BCUT2D eigenvalue weighted by molar-refractivity contribution is 5.66. The number of hydrogen-bond donors (Lipinski definition) is 0. The second kappa shape index (κ2) is 5.85. The zero-order chi connectivity index (χ0) is 12.0. The van der Waals surface area contributed by atoms with E-state index in [-0.39, 0.29) is 25.2 Å². The maximum atomic E-state index is 10.6. The van der Waals surface area contributed by atoms with Crippen LogP contribution < -0.4 is 0 Å². The van der Waals surface area contributed by atoms with Gasteiger partial charge in [-0.15, -0.1) is 0 Å². The van der Waals surface area contributed by atoms with Crippen LogP contribution in [0.1, 0.15) is 25.2 Å². The predicted molar refractivity (Wildman–Crippen MR) is 55.2 cm³/mol. The van der Waals surface area contributed by atoms with E-state index in [1.165, 1.54) is 13.8 Å². The number of carbonyl (C=O) groups excluding carboxylic acids is 2. The second-order valence-corrected chi connectivity index (χ2v) is 3.18. The van der Waals surface area contributed by atoms with Gasteiger partial charge in [0.05, 0.1) is 11.4 Å². The number of carbonyl (C=O) groups is 2. The highest BCUT2D eigenvalue weighted by atomic mass is 16.5. The fraction of sp³-hybridized carbons (Fsp3) is 0.364. The molecule has 0 unspecified atom stereocenters. The van der Waals surface area contributed by atoms with Gasteiger partial charge in [-0.1, -0.05) is 6.07 Å². The van der Waals surface area contributed by atoms with Crippen LogP contribution in [0.2, 0.25) is 0 Å². The van der Waals surface area contributed by atoms with Gasteiger partial charge in [0, 0.05) is 13.8 Å². The Hall–Kier alpha value is -1.91. The van der Waals surface area contributed by atoms with Gasteiger partial charge in [-0.3, -0.25) is 14.6 Å². The first-order chi connectivity index (χ1) is 7.58. The largest absolute Gasteiger partial charge is 0.459 e. The zero-order valence-corrected chi connectivity index (χ0v) is 9.23. The van der Waals surface area contributed by atoms with Crippen LogP contribution in [0.15, 0.2) is 18.2 Å². The van der Waals surface area contributed by atoms with E-state index in [1.807, 2.05) is 0 Å². The number of ether oxygens (including phenoxy) is 2. The van der Waals surface area contributed by atoms with Crippen molar-refractivity contribution in [3.05, 3.63) is 29.6 Å². The molecule has 0 bridgehead atoms. The molecule has 1 rings (SSSR count). The van der Waals surface area contributed by atoms with Crippen LogP contribution >= 0.6 is 0 Å². The summed E-state index contributed by atoms with van der Waals surface area (Å²) < 4.78 is 9.60. The Morgan fingerprint density at radius 2 is 1.50 bits per heavy atom. The van der Waals surface area contributed by atoms with E-state index >= 15 is 0 Å². The third-order valence-corrected chi connectivity index (χ3v) is 1.71. The number of pyridine rings is 1. The summed E-state index contributed by atoms with van der Waals surface area (Å²) in [4.78, 5) is 25.4. The Kier molecular flexibility index (Phi) is 4.44. The molecule has 0 aliphatic rings. The molecule has 86 valence electrons. The first-order valence-corrected chi connectivity index (χ1v) is 4.79. The van der Waals surface area contributed by atoms with Crippen molar-refractivity contribution in [3.63, 3.8) is 0 Å². The Morgan fingerprint density at radius 1 is 1.06 bits per heavy atom. The average molecular weight is 223 g/mol. The number of esters is 2. The molecule has 0 amide bonds. The molecule has 0 N–H and O–H groups in total. The van der Waals surface area contributed by atoms with Crippen LogP contribution in [0.25, 0.3) is 0 Å². The molecular weight excluding hydrogens is 210 g/mol. The normalized spacial score (nSPS) is 9.62. The number of aromatic nitrogens is 1. The fourth-order valence-electron chi connectivity index (χ4n) is 1.04. The van der Waals surface area contributed by atoms with E-state index in [2.05, 4.69) is 4.98 Å². The van der Waals surface area contributed by atoms with E-state index in [9.17, 15) is 9.59 Å². The van der Waals surface area contributed by atoms with Gasteiger partial charge < -0.3 is 9.47 Å². The van der Waals surface area contributed by atoms with Crippen LogP contribution in [0.5, 0.6) is 0 Å². The quantitative estimate of drug-likeness (QED) is 0.718. The second-order valence-electron chi connectivity index (χ2n) is 3.18. The third-order valence-electron chi connectivity index (χ3n) is 1.71. The SMILES string of the molecule is CC(=O)OCc1cccc(COC(C)=O)n1. The van der Waals surface area contributed by atoms with E-state index < -0.39 is 0 Å². The van der Waals surface area contributed by atoms with Gasteiger partial charge in [0.2, 0.25) is 0 Å². The molecule has 1 aromatic rings. The molecule has 0 fully saturated rings. The van der Waals surface area contributed by atoms with E-state index in [0.29, 0.717) is 11.4 Å². The highest BCUT2D eigenvalue weighted by Crippen LogP contribution is 2.03. The van der Waals surface area contributed by atoms with Crippen molar-refractivity contribution in [2.45, 2.75) is 27.1 Å². The minimum atomic E-state index is -0.354. The fourth-order valence-corrected chi connectivity index (χ4v) is 1.04. The van der Waals surface area contributed by atoms with Crippen molar-refractivity contribution >= 4 is 11.9 Å². The van der Waals surface area contributed by atoms with Crippen molar-refractivity contribution in [2.24, 2.45) is 0 Å². The Balaban J connectivity index is 2.56. The van der Waals surface area contributed by atoms with Crippen LogP contribution in [-0.2, 0) is 32.3 Å². The minimum Gasteiger partial charge on any atom is -0.459 e. The Labute approximate surface area is 93.4 Å². The summed E-state index contributed by atoms with van der Waals surface area (Å²) >= 11 is 0. The standard InChI is InChI=1S/C11H13NO4/c1-8(13)15-6-10-4-3-5-11(12-10)7-16-9(2)14/h3-5H,6-7H2,1-2H3. The minimum absolute atomic E-state index is 0.128. The van der Waals surface area contributed by atoms with Crippen LogP contribution in [0.3, 0.4) is 0 Å².